The second-order valence-electron chi connectivity index (χ2n) is 12.5. The van der Waals surface area contributed by atoms with Crippen LogP contribution in [0.5, 0.6) is 0 Å². The quantitative estimate of drug-likeness (QED) is 0.0843. The largest absolute Gasteiger partial charge is 0.382 e. The average Bonchev–Trinajstić information content (AvgIpc) is 3.16. The number of hydrogen-bond acceptors (Lipinski definition) is 14. The molecule has 1 fully saturated rings. The second-order valence-corrected chi connectivity index (χ2v) is 12.5. The number of likely N-dealkylation sites (tertiary alicyclic amines) is 1. The fourth-order valence-corrected chi connectivity index (χ4v) is 5.20. The summed E-state index contributed by atoms with van der Waals surface area (Å²) in [4.78, 5) is 14.8. The molecule has 0 spiro atoms. The lowest BCUT2D eigenvalue weighted by Crippen LogP contribution is -2.34. The highest BCUT2D eigenvalue weighted by Crippen LogP contribution is 2.22. The Labute approximate surface area is 315 Å². The summed E-state index contributed by atoms with van der Waals surface area (Å²) in [5.74, 6) is 1.01. The van der Waals surface area contributed by atoms with Gasteiger partial charge in [-0.05, 0) is 51.2 Å². The van der Waals surface area contributed by atoms with Gasteiger partial charge in [0.05, 0.1) is 152 Å². The summed E-state index contributed by atoms with van der Waals surface area (Å²) in [6.45, 7) is 17.8. The van der Waals surface area contributed by atoms with Crippen LogP contribution >= 0.6 is 0 Å². The Hall–Kier alpha value is -0.850. The number of piperidine rings is 1. The highest BCUT2D eigenvalue weighted by Gasteiger charge is 2.19. The number of Topliss-reactive ketones (excluding diaryl/α,β-unsaturated/α-hetero) is 1. The first-order chi connectivity index (χ1) is 25.8. The lowest BCUT2D eigenvalue weighted by atomic mass is 9.91. The van der Waals surface area contributed by atoms with Crippen LogP contribution < -0.4 is 0 Å². The summed E-state index contributed by atoms with van der Waals surface area (Å²) in [6.07, 6.45) is 8.59. The number of methoxy groups -OCH3 is 1. The highest BCUT2D eigenvalue weighted by atomic mass is 16.6. The van der Waals surface area contributed by atoms with Crippen LogP contribution in [0.4, 0.5) is 0 Å². The number of carbonyl (C=O) groups excluding carboxylic acids is 1. The number of ketones is 1. The van der Waals surface area contributed by atoms with Gasteiger partial charge in [0.1, 0.15) is 5.78 Å². The molecule has 14 heteroatoms. The van der Waals surface area contributed by atoms with Crippen LogP contribution in [0.3, 0.4) is 0 Å². The highest BCUT2D eigenvalue weighted by molar-refractivity contribution is 5.78. The van der Waals surface area contributed by atoms with E-state index in [4.69, 9.17) is 56.8 Å². The van der Waals surface area contributed by atoms with Crippen molar-refractivity contribution in [1.29, 1.82) is 0 Å². The van der Waals surface area contributed by atoms with Gasteiger partial charge in [-0.1, -0.05) is 19.8 Å². The van der Waals surface area contributed by atoms with Crippen LogP contribution in [0.2, 0.25) is 0 Å². The molecule has 1 rings (SSSR count). The van der Waals surface area contributed by atoms with E-state index in [-0.39, 0.29) is 0 Å². The molecule has 0 N–H and O–H groups in total. The van der Waals surface area contributed by atoms with Crippen LogP contribution in [0.1, 0.15) is 58.3 Å². The number of nitrogens with zero attached hydrogens (tertiary/aromatic N) is 1. The van der Waals surface area contributed by atoms with Gasteiger partial charge in [0.2, 0.25) is 0 Å². The predicted octanol–water partition coefficient (Wildman–Crippen LogP) is 3.46. The predicted molar refractivity (Wildman–Crippen MR) is 198 cm³/mol. The van der Waals surface area contributed by atoms with Crippen LogP contribution in [0, 0.1) is 5.92 Å². The fraction of sp³-hybridized carbons (Fsp3) is 0.974. The van der Waals surface area contributed by atoms with Gasteiger partial charge in [0, 0.05) is 20.0 Å². The first-order valence-corrected chi connectivity index (χ1v) is 19.8. The van der Waals surface area contributed by atoms with Crippen molar-refractivity contribution in [2.75, 3.05) is 179 Å². The molecular formula is C38H75NO13. The third-order valence-electron chi connectivity index (χ3n) is 8.29. The molecule has 0 radical (unpaired) electrons. The zero-order chi connectivity index (χ0) is 37.3. The molecule has 0 aromatic heterocycles. The molecule has 1 saturated heterocycles. The Morgan fingerprint density at radius 3 is 1.12 bits per heavy atom. The maximum atomic E-state index is 12.2. The van der Waals surface area contributed by atoms with E-state index in [9.17, 15) is 4.79 Å². The molecule has 0 bridgehead atoms. The molecule has 0 aliphatic carbocycles. The van der Waals surface area contributed by atoms with Crippen molar-refractivity contribution in [3.63, 3.8) is 0 Å². The van der Waals surface area contributed by atoms with Crippen molar-refractivity contribution in [2.45, 2.75) is 58.3 Å². The van der Waals surface area contributed by atoms with E-state index in [1.165, 1.54) is 51.7 Å². The van der Waals surface area contributed by atoms with E-state index in [1.54, 1.807) is 7.11 Å². The summed E-state index contributed by atoms with van der Waals surface area (Å²) < 4.78 is 65.1. The molecule has 1 aliphatic heterocycles. The van der Waals surface area contributed by atoms with E-state index in [2.05, 4.69) is 11.8 Å². The third-order valence-corrected chi connectivity index (χ3v) is 8.29. The van der Waals surface area contributed by atoms with E-state index in [1.807, 2.05) is 0 Å². The van der Waals surface area contributed by atoms with Gasteiger partial charge in [-0.15, -0.1) is 0 Å². The molecule has 0 amide bonds. The van der Waals surface area contributed by atoms with Gasteiger partial charge in [-0.3, -0.25) is 4.79 Å². The van der Waals surface area contributed by atoms with E-state index in [0.29, 0.717) is 177 Å². The van der Waals surface area contributed by atoms with Gasteiger partial charge in [0.25, 0.3) is 0 Å². The third kappa shape index (κ3) is 36.1. The summed E-state index contributed by atoms with van der Waals surface area (Å²) in [5.41, 5.74) is 0. The van der Waals surface area contributed by atoms with Crippen molar-refractivity contribution in [3.8, 4) is 0 Å². The minimum Gasteiger partial charge on any atom is -0.382 e. The smallest absolute Gasteiger partial charge is 0.135 e. The zero-order valence-corrected chi connectivity index (χ0v) is 32.9. The number of carbonyl (C=O) groups is 1. The Morgan fingerprint density at radius 1 is 0.462 bits per heavy atom. The normalized spacial score (nSPS) is 14.1. The molecule has 1 heterocycles. The van der Waals surface area contributed by atoms with Crippen molar-refractivity contribution < 1.29 is 61.6 Å². The van der Waals surface area contributed by atoms with Crippen LogP contribution in [0.25, 0.3) is 0 Å². The standard InChI is InChI=1S/C38H75NO13/c1-3-4-5-11-39-12-8-37(9-13-39)6-7-38(40)10-14-42-17-18-44-21-22-46-25-26-48-29-30-50-33-34-52-36-35-51-32-31-49-28-27-47-24-23-45-20-19-43-16-15-41-2/h37H,3-36H2,1-2H3. The number of unbranched alkanes of at least 4 members (excludes halogenated alkanes) is 2. The monoisotopic (exact) mass is 754 g/mol. The van der Waals surface area contributed by atoms with Crippen molar-refractivity contribution in [3.05, 3.63) is 0 Å². The van der Waals surface area contributed by atoms with E-state index >= 15 is 0 Å². The summed E-state index contributed by atoms with van der Waals surface area (Å²) in [7, 11) is 1.65. The Kier molecular flexibility index (Phi) is 39.1. The molecule has 14 nitrogen and oxygen atoms in total. The first-order valence-electron chi connectivity index (χ1n) is 19.8. The van der Waals surface area contributed by atoms with Crippen LogP contribution in [-0.4, -0.2) is 189 Å². The Morgan fingerprint density at radius 2 is 0.788 bits per heavy atom. The zero-order valence-electron chi connectivity index (χ0n) is 32.9. The Bertz CT molecular complexity index is 716. The molecule has 0 aromatic carbocycles. The molecule has 0 unspecified atom stereocenters. The first kappa shape index (κ1) is 49.2. The van der Waals surface area contributed by atoms with E-state index in [0.717, 1.165) is 6.42 Å². The van der Waals surface area contributed by atoms with Gasteiger partial charge >= 0.3 is 0 Å². The lowest BCUT2D eigenvalue weighted by Gasteiger charge is -2.31. The number of rotatable bonds is 43. The molecule has 52 heavy (non-hydrogen) atoms. The van der Waals surface area contributed by atoms with Crippen molar-refractivity contribution >= 4 is 5.78 Å². The van der Waals surface area contributed by atoms with Crippen LogP contribution in [0.15, 0.2) is 0 Å². The van der Waals surface area contributed by atoms with Gasteiger partial charge in [-0.25, -0.2) is 0 Å². The number of hydrogen-bond donors (Lipinski definition) is 0. The Balaban J connectivity index is 1.66. The average molecular weight is 754 g/mol. The molecule has 0 aromatic rings. The van der Waals surface area contributed by atoms with E-state index < -0.39 is 0 Å². The second kappa shape index (κ2) is 41.3. The molecule has 0 atom stereocenters. The molecule has 0 saturated carbocycles. The minimum atomic E-state index is 0.312. The number of ether oxygens (including phenoxy) is 12. The molecular weight excluding hydrogens is 678 g/mol. The summed E-state index contributed by atoms with van der Waals surface area (Å²) in [6, 6.07) is 0. The fourth-order valence-electron chi connectivity index (χ4n) is 5.20. The van der Waals surface area contributed by atoms with Gasteiger partial charge < -0.3 is 61.7 Å². The van der Waals surface area contributed by atoms with Gasteiger partial charge in [0.15, 0.2) is 0 Å². The lowest BCUT2D eigenvalue weighted by molar-refractivity contribution is -0.120. The summed E-state index contributed by atoms with van der Waals surface area (Å²) >= 11 is 0. The summed E-state index contributed by atoms with van der Waals surface area (Å²) in [5, 5.41) is 0. The van der Waals surface area contributed by atoms with Crippen molar-refractivity contribution in [2.24, 2.45) is 5.92 Å². The minimum absolute atomic E-state index is 0.312. The van der Waals surface area contributed by atoms with Crippen LogP contribution in [-0.2, 0) is 61.6 Å². The molecule has 310 valence electrons. The SMILES string of the molecule is CCCCCN1CCC(CCC(=O)CCOCCOCCOCCOCCOCCOCCOCCOCCOCCOCCOCCOC)CC1. The topological polar surface area (TPSA) is 131 Å². The van der Waals surface area contributed by atoms with Crippen molar-refractivity contribution in [1.82, 2.24) is 4.90 Å². The maximum absolute atomic E-state index is 12.2. The van der Waals surface area contributed by atoms with Gasteiger partial charge in [-0.2, -0.15) is 0 Å². The molecule has 1 aliphatic rings. The maximum Gasteiger partial charge on any atom is 0.135 e.